The van der Waals surface area contributed by atoms with E-state index >= 15 is 0 Å². The number of benzene rings is 1. The van der Waals surface area contributed by atoms with Gasteiger partial charge in [-0.3, -0.25) is 24.1 Å². The van der Waals surface area contributed by atoms with E-state index in [0.29, 0.717) is 17.5 Å². The summed E-state index contributed by atoms with van der Waals surface area (Å²) >= 11 is 0. The number of imide groups is 1. The fraction of sp³-hybridized carbons (Fsp3) is 0.524. The molecule has 7 nitrogen and oxygen atoms in total. The van der Waals surface area contributed by atoms with Gasteiger partial charge in [-0.15, -0.1) is 0 Å². The molecule has 2 aliphatic rings. The molecule has 7 heteroatoms. The van der Waals surface area contributed by atoms with Gasteiger partial charge >= 0.3 is 5.97 Å². The highest BCUT2D eigenvalue weighted by Crippen LogP contribution is 2.22. The lowest BCUT2D eigenvalue weighted by Crippen LogP contribution is -2.42. The minimum atomic E-state index is -0.853. The van der Waals surface area contributed by atoms with Gasteiger partial charge in [0.2, 0.25) is 0 Å². The molecule has 1 atom stereocenters. The van der Waals surface area contributed by atoms with E-state index in [1.807, 2.05) is 0 Å². The molecule has 1 heterocycles. The minimum absolute atomic E-state index is 0.0362. The first-order valence-electron chi connectivity index (χ1n) is 9.92. The van der Waals surface area contributed by atoms with Crippen molar-refractivity contribution in [1.82, 2.24) is 10.2 Å². The lowest BCUT2D eigenvalue weighted by molar-refractivity contribution is -0.155. The van der Waals surface area contributed by atoms with Crippen LogP contribution in [0.1, 0.15) is 72.6 Å². The van der Waals surface area contributed by atoms with Gasteiger partial charge in [-0.1, -0.05) is 31.4 Å². The van der Waals surface area contributed by atoms with E-state index in [1.54, 1.807) is 31.2 Å². The van der Waals surface area contributed by atoms with Crippen LogP contribution in [0.15, 0.2) is 24.3 Å². The number of nitrogens with one attached hydrogen (secondary N) is 1. The van der Waals surface area contributed by atoms with Crippen molar-refractivity contribution >= 4 is 23.7 Å². The van der Waals surface area contributed by atoms with Gasteiger partial charge in [0.15, 0.2) is 6.10 Å². The topological polar surface area (TPSA) is 92.8 Å². The number of amides is 3. The van der Waals surface area contributed by atoms with Crippen LogP contribution in [0.4, 0.5) is 0 Å². The quantitative estimate of drug-likeness (QED) is 0.574. The highest BCUT2D eigenvalue weighted by Gasteiger charge is 2.34. The third-order valence-corrected chi connectivity index (χ3v) is 5.27. The molecule has 1 aliphatic carbocycles. The molecule has 1 fully saturated rings. The molecule has 1 saturated carbocycles. The molecule has 1 aliphatic heterocycles. The third-order valence-electron chi connectivity index (χ3n) is 5.27. The zero-order valence-electron chi connectivity index (χ0n) is 16.1. The average Bonchev–Trinajstić information content (AvgIpc) is 2.94. The summed E-state index contributed by atoms with van der Waals surface area (Å²) in [6.07, 6.45) is 4.82. The van der Waals surface area contributed by atoms with E-state index in [2.05, 4.69) is 5.32 Å². The summed E-state index contributed by atoms with van der Waals surface area (Å²) < 4.78 is 5.19. The summed E-state index contributed by atoms with van der Waals surface area (Å²) in [5.74, 6) is -1.47. The van der Waals surface area contributed by atoms with Crippen LogP contribution in [-0.4, -0.2) is 47.3 Å². The second-order valence-corrected chi connectivity index (χ2v) is 7.39. The van der Waals surface area contributed by atoms with E-state index in [0.717, 1.165) is 30.6 Å². The van der Waals surface area contributed by atoms with Gasteiger partial charge < -0.3 is 10.1 Å². The fourth-order valence-corrected chi connectivity index (χ4v) is 3.70. The normalized spacial score (nSPS) is 18.0. The summed E-state index contributed by atoms with van der Waals surface area (Å²) in [6, 6.07) is 6.83. The van der Waals surface area contributed by atoms with Crippen LogP contribution in [0.3, 0.4) is 0 Å². The Labute approximate surface area is 164 Å². The van der Waals surface area contributed by atoms with Crippen LogP contribution in [0.5, 0.6) is 0 Å². The van der Waals surface area contributed by atoms with Gasteiger partial charge in [-0.05, 0) is 38.3 Å². The van der Waals surface area contributed by atoms with Crippen LogP contribution in [-0.2, 0) is 14.3 Å². The van der Waals surface area contributed by atoms with Crippen molar-refractivity contribution in [3.8, 4) is 0 Å². The molecule has 1 N–H and O–H groups in total. The number of rotatable bonds is 7. The summed E-state index contributed by atoms with van der Waals surface area (Å²) in [6.45, 7) is 1.70. The lowest BCUT2D eigenvalue weighted by atomic mass is 9.95. The Morgan fingerprint density at radius 1 is 1.11 bits per heavy atom. The lowest BCUT2D eigenvalue weighted by Gasteiger charge is -2.24. The largest absolute Gasteiger partial charge is 0.453 e. The van der Waals surface area contributed by atoms with Crippen molar-refractivity contribution < 1.29 is 23.9 Å². The Bertz CT molecular complexity index is 735. The van der Waals surface area contributed by atoms with Crippen LogP contribution in [0, 0.1) is 0 Å². The molecule has 28 heavy (non-hydrogen) atoms. The first-order valence-corrected chi connectivity index (χ1v) is 9.92. The van der Waals surface area contributed by atoms with Crippen LogP contribution >= 0.6 is 0 Å². The predicted molar refractivity (Wildman–Crippen MR) is 102 cm³/mol. The van der Waals surface area contributed by atoms with Crippen molar-refractivity contribution in [1.29, 1.82) is 0 Å². The highest BCUT2D eigenvalue weighted by atomic mass is 16.5. The molecule has 1 aromatic carbocycles. The molecule has 3 amide bonds. The number of carbonyl (C=O) groups is 4. The fourth-order valence-electron chi connectivity index (χ4n) is 3.70. The van der Waals surface area contributed by atoms with Gasteiger partial charge in [0.25, 0.3) is 17.7 Å². The maximum atomic E-state index is 12.3. The van der Waals surface area contributed by atoms with Crippen LogP contribution < -0.4 is 5.32 Å². The van der Waals surface area contributed by atoms with Crippen LogP contribution in [0.2, 0.25) is 0 Å². The van der Waals surface area contributed by atoms with Gasteiger partial charge in [-0.2, -0.15) is 0 Å². The van der Waals surface area contributed by atoms with Crippen molar-refractivity contribution in [2.24, 2.45) is 0 Å². The zero-order valence-corrected chi connectivity index (χ0v) is 16.1. The van der Waals surface area contributed by atoms with E-state index in [1.165, 1.54) is 6.42 Å². The molecule has 0 saturated heterocycles. The molecule has 0 aromatic heterocycles. The number of carbonyl (C=O) groups excluding carboxylic acids is 4. The second kappa shape index (κ2) is 8.99. The van der Waals surface area contributed by atoms with Crippen molar-refractivity contribution in [2.75, 3.05) is 6.54 Å². The molecule has 3 rings (SSSR count). The number of hydrogen-bond donors (Lipinski definition) is 1. The summed E-state index contributed by atoms with van der Waals surface area (Å²) in [5, 5.41) is 2.93. The Balaban J connectivity index is 1.40. The van der Waals surface area contributed by atoms with Gasteiger partial charge in [0.1, 0.15) is 0 Å². The van der Waals surface area contributed by atoms with E-state index in [9.17, 15) is 19.2 Å². The maximum absolute atomic E-state index is 12.3. The monoisotopic (exact) mass is 386 g/mol. The molecule has 0 radical (unpaired) electrons. The van der Waals surface area contributed by atoms with Crippen LogP contribution in [0.25, 0.3) is 0 Å². The summed E-state index contributed by atoms with van der Waals surface area (Å²) in [4.78, 5) is 49.9. The second-order valence-electron chi connectivity index (χ2n) is 7.39. The Hall–Kier alpha value is -2.70. The summed E-state index contributed by atoms with van der Waals surface area (Å²) in [5.41, 5.74) is 0.783. The number of hydrogen-bond acceptors (Lipinski definition) is 5. The van der Waals surface area contributed by atoms with Gasteiger partial charge in [0.05, 0.1) is 11.1 Å². The predicted octanol–water partition coefficient (Wildman–Crippen LogP) is 2.44. The molecule has 0 unspecified atom stereocenters. The van der Waals surface area contributed by atoms with Crippen molar-refractivity contribution in [3.05, 3.63) is 35.4 Å². The van der Waals surface area contributed by atoms with E-state index in [4.69, 9.17) is 4.74 Å². The Morgan fingerprint density at radius 2 is 1.71 bits per heavy atom. The first kappa shape index (κ1) is 20.0. The zero-order chi connectivity index (χ0) is 20.1. The standard InChI is InChI=1S/C21H26N2O5/c1-14(19(25)22-15-8-3-2-4-9-15)28-18(24)12-7-13-23-20(26)16-10-5-6-11-17(16)21(23)27/h5-6,10-11,14-15H,2-4,7-9,12-13H2,1H3,(H,22,25)/t14-/m1/s1. The molecular formula is C21H26N2O5. The van der Waals surface area contributed by atoms with Crippen molar-refractivity contribution in [3.63, 3.8) is 0 Å². The van der Waals surface area contributed by atoms with Crippen molar-refractivity contribution in [2.45, 2.75) is 64.0 Å². The first-order chi connectivity index (χ1) is 13.5. The van der Waals surface area contributed by atoms with E-state index in [-0.39, 0.29) is 36.7 Å². The minimum Gasteiger partial charge on any atom is -0.453 e. The summed E-state index contributed by atoms with van der Waals surface area (Å²) in [7, 11) is 0. The number of nitrogens with zero attached hydrogens (tertiary/aromatic N) is 1. The molecule has 0 spiro atoms. The Kier molecular flexibility index (Phi) is 6.44. The molecular weight excluding hydrogens is 360 g/mol. The molecule has 0 bridgehead atoms. The number of ether oxygens (including phenoxy) is 1. The highest BCUT2D eigenvalue weighted by molar-refractivity contribution is 6.21. The average molecular weight is 386 g/mol. The SMILES string of the molecule is C[C@@H](OC(=O)CCCN1C(=O)c2ccccc2C1=O)C(=O)NC1CCCCC1. The Morgan fingerprint density at radius 3 is 2.32 bits per heavy atom. The smallest absolute Gasteiger partial charge is 0.306 e. The maximum Gasteiger partial charge on any atom is 0.306 e. The molecule has 1 aromatic rings. The van der Waals surface area contributed by atoms with Gasteiger partial charge in [0, 0.05) is 19.0 Å². The van der Waals surface area contributed by atoms with E-state index < -0.39 is 12.1 Å². The molecule has 150 valence electrons. The number of fused-ring (bicyclic) bond motifs is 1. The third kappa shape index (κ3) is 4.58. The van der Waals surface area contributed by atoms with Gasteiger partial charge in [-0.25, -0.2) is 0 Å². The number of esters is 1.